The van der Waals surface area contributed by atoms with Gasteiger partial charge in [-0.05, 0) is 56.7 Å². The van der Waals surface area contributed by atoms with Crippen molar-refractivity contribution in [3.05, 3.63) is 41.7 Å². The normalized spacial score (nSPS) is 14.7. The van der Waals surface area contributed by atoms with Gasteiger partial charge in [-0.25, -0.2) is 5.43 Å². The number of aldehydes is 1. The number of ether oxygens (including phenoxy) is 1. The van der Waals surface area contributed by atoms with Crippen LogP contribution < -0.4 is 15.5 Å². The number of aromatic nitrogens is 1. The van der Waals surface area contributed by atoms with E-state index < -0.39 is 6.36 Å². The van der Waals surface area contributed by atoms with Gasteiger partial charge in [-0.15, -0.1) is 13.2 Å². The van der Waals surface area contributed by atoms with E-state index in [0.29, 0.717) is 22.1 Å². The quantitative estimate of drug-likeness (QED) is 0.434. The highest BCUT2D eigenvalue weighted by Crippen LogP contribution is 2.41. The molecule has 6 nitrogen and oxygen atoms in total. The van der Waals surface area contributed by atoms with E-state index in [2.05, 4.69) is 33.6 Å². The molecule has 174 valence electrons. The summed E-state index contributed by atoms with van der Waals surface area (Å²) < 4.78 is 39.8. The summed E-state index contributed by atoms with van der Waals surface area (Å²) in [5.41, 5.74) is 6.08. The topological polar surface area (TPSA) is 69.4 Å². The van der Waals surface area contributed by atoms with Gasteiger partial charge >= 0.3 is 6.36 Å². The SMILES string of the molecule is CC.CNN(C)/C=C(\C)C1(NC)CC1.O=CCc1cc2cc(OC(F)(F)F)ccc2[nH]1. The molecule has 0 radical (unpaired) electrons. The fourth-order valence-corrected chi connectivity index (χ4v) is 3.01. The molecule has 0 atom stereocenters. The Balaban J connectivity index is 0.000000303. The second-order valence-electron chi connectivity index (χ2n) is 6.94. The summed E-state index contributed by atoms with van der Waals surface area (Å²) in [7, 11) is 5.96. The third kappa shape index (κ3) is 8.26. The Morgan fingerprint density at radius 3 is 2.39 bits per heavy atom. The van der Waals surface area contributed by atoms with E-state index in [-0.39, 0.29) is 12.2 Å². The summed E-state index contributed by atoms with van der Waals surface area (Å²) in [6.45, 7) is 6.18. The van der Waals surface area contributed by atoms with Gasteiger partial charge in [0.15, 0.2) is 0 Å². The number of likely N-dealkylation sites (N-methyl/N-ethyl adjacent to an activating group) is 1. The van der Waals surface area contributed by atoms with Crippen LogP contribution in [0.1, 0.15) is 39.3 Å². The number of fused-ring (bicyclic) bond motifs is 1. The minimum absolute atomic E-state index is 0.199. The summed E-state index contributed by atoms with van der Waals surface area (Å²) >= 11 is 0. The average molecular weight is 443 g/mol. The van der Waals surface area contributed by atoms with E-state index in [1.54, 1.807) is 6.07 Å². The molecule has 9 heteroatoms. The first-order chi connectivity index (χ1) is 14.6. The van der Waals surface area contributed by atoms with Crippen molar-refractivity contribution in [1.82, 2.24) is 20.7 Å². The molecular weight excluding hydrogens is 409 g/mol. The van der Waals surface area contributed by atoms with E-state index in [0.717, 1.165) is 6.29 Å². The number of H-pyrrole nitrogens is 1. The van der Waals surface area contributed by atoms with Gasteiger partial charge in [0.2, 0.25) is 0 Å². The lowest BCUT2D eigenvalue weighted by molar-refractivity contribution is -0.274. The van der Waals surface area contributed by atoms with E-state index in [1.165, 1.54) is 36.6 Å². The highest BCUT2D eigenvalue weighted by molar-refractivity contribution is 5.82. The van der Waals surface area contributed by atoms with Gasteiger partial charge in [0.05, 0.1) is 0 Å². The molecule has 3 rings (SSSR count). The minimum atomic E-state index is -4.70. The predicted molar refractivity (Wildman–Crippen MR) is 118 cm³/mol. The highest BCUT2D eigenvalue weighted by Gasteiger charge is 2.42. The maximum atomic E-state index is 12.0. The zero-order valence-corrected chi connectivity index (χ0v) is 19.0. The van der Waals surface area contributed by atoms with E-state index in [1.807, 2.05) is 40.0 Å². The molecule has 1 aromatic heterocycles. The molecule has 0 spiro atoms. The molecule has 0 saturated heterocycles. The van der Waals surface area contributed by atoms with E-state index in [9.17, 15) is 18.0 Å². The van der Waals surface area contributed by atoms with Crippen LogP contribution in [0, 0.1) is 0 Å². The molecule has 1 saturated carbocycles. The van der Waals surface area contributed by atoms with Crippen molar-refractivity contribution in [1.29, 1.82) is 0 Å². The van der Waals surface area contributed by atoms with Crippen LogP contribution in [0.15, 0.2) is 36.0 Å². The number of hydrazine groups is 1. The number of alkyl halides is 3. The molecule has 0 aliphatic heterocycles. The van der Waals surface area contributed by atoms with Gasteiger partial charge in [0, 0.05) is 48.9 Å². The van der Waals surface area contributed by atoms with Crippen molar-refractivity contribution in [2.24, 2.45) is 0 Å². The van der Waals surface area contributed by atoms with Crippen LogP contribution in [0.3, 0.4) is 0 Å². The molecule has 1 fully saturated rings. The highest BCUT2D eigenvalue weighted by atomic mass is 19.4. The molecule has 0 bridgehead atoms. The van der Waals surface area contributed by atoms with Crippen molar-refractivity contribution >= 4 is 17.2 Å². The predicted octanol–water partition coefficient (Wildman–Crippen LogP) is 4.54. The van der Waals surface area contributed by atoms with Crippen molar-refractivity contribution < 1.29 is 22.7 Å². The fraction of sp³-hybridized carbons (Fsp3) is 0.500. The molecule has 1 aliphatic rings. The second kappa shape index (κ2) is 11.8. The molecule has 1 aliphatic carbocycles. The first-order valence-corrected chi connectivity index (χ1v) is 10.2. The fourth-order valence-electron chi connectivity index (χ4n) is 3.01. The van der Waals surface area contributed by atoms with Gasteiger partial charge in [0.25, 0.3) is 0 Å². The number of halogens is 3. The minimum Gasteiger partial charge on any atom is -0.406 e. The monoisotopic (exact) mass is 442 g/mol. The van der Waals surface area contributed by atoms with Crippen LogP contribution in [0.4, 0.5) is 13.2 Å². The summed E-state index contributed by atoms with van der Waals surface area (Å²) in [5.74, 6) is -0.276. The number of carbonyl (C=O) groups is 1. The molecule has 0 unspecified atom stereocenters. The number of aromatic amines is 1. The zero-order chi connectivity index (χ0) is 23.7. The molecular formula is C22H33F3N4O2. The van der Waals surface area contributed by atoms with Crippen LogP contribution in [-0.2, 0) is 11.2 Å². The van der Waals surface area contributed by atoms with Gasteiger partial charge in [-0.3, -0.25) is 0 Å². The zero-order valence-electron chi connectivity index (χ0n) is 19.0. The molecule has 2 aromatic rings. The first kappa shape index (κ1) is 26.5. The Bertz CT molecular complexity index is 858. The number of rotatable bonds is 7. The number of hydrogen-bond acceptors (Lipinski definition) is 5. The maximum Gasteiger partial charge on any atom is 0.573 e. The number of nitrogens with zero attached hydrogens (tertiary/aromatic N) is 1. The van der Waals surface area contributed by atoms with Gasteiger partial charge in [-0.1, -0.05) is 13.8 Å². The number of benzene rings is 1. The van der Waals surface area contributed by atoms with Gasteiger partial charge in [0.1, 0.15) is 12.0 Å². The summed E-state index contributed by atoms with van der Waals surface area (Å²) in [5, 5.41) is 5.91. The van der Waals surface area contributed by atoms with Crippen molar-refractivity contribution in [3.63, 3.8) is 0 Å². The Kier molecular flexibility index (Phi) is 10.1. The third-order valence-electron chi connectivity index (χ3n) is 4.91. The molecule has 3 N–H and O–H groups in total. The number of nitrogens with one attached hydrogen (secondary N) is 3. The van der Waals surface area contributed by atoms with E-state index >= 15 is 0 Å². The van der Waals surface area contributed by atoms with Crippen LogP contribution >= 0.6 is 0 Å². The average Bonchev–Trinajstić information content (AvgIpc) is 3.43. The van der Waals surface area contributed by atoms with Crippen LogP contribution in [0.5, 0.6) is 5.75 Å². The Labute approximate surface area is 181 Å². The number of hydrogen-bond donors (Lipinski definition) is 3. The standard InChI is InChI=1S/C11H8F3NO2.C9H19N3.C2H6/c12-11(13,14)17-9-1-2-10-7(6-9)5-8(15-10)3-4-16;1-8(7-12(4)11-3)9(10-2)5-6-9;1-2/h1-2,4-6,15H,3H2;7,10-11H,5-6H2,1-4H3;1-2H3/b;8-7+;. The summed E-state index contributed by atoms with van der Waals surface area (Å²) in [6.07, 6.45) is 0.897. The Morgan fingerprint density at radius 2 is 1.90 bits per heavy atom. The van der Waals surface area contributed by atoms with Gasteiger partial charge < -0.3 is 24.8 Å². The summed E-state index contributed by atoms with van der Waals surface area (Å²) in [4.78, 5) is 13.2. The second-order valence-corrected chi connectivity index (χ2v) is 6.94. The largest absolute Gasteiger partial charge is 0.573 e. The Morgan fingerprint density at radius 1 is 1.26 bits per heavy atom. The maximum absolute atomic E-state index is 12.0. The van der Waals surface area contributed by atoms with E-state index in [4.69, 9.17) is 0 Å². The number of carbonyl (C=O) groups excluding carboxylic acids is 1. The lowest BCUT2D eigenvalue weighted by Gasteiger charge is -2.19. The first-order valence-electron chi connectivity index (χ1n) is 10.2. The molecule has 1 heterocycles. The van der Waals surface area contributed by atoms with Crippen LogP contribution in [-0.4, -0.2) is 49.3 Å². The third-order valence-corrected chi connectivity index (χ3v) is 4.91. The van der Waals surface area contributed by atoms with Crippen molar-refractivity contribution in [3.8, 4) is 5.75 Å². The van der Waals surface area contributed by atoms with Crippen molar-refractivity contribution in [2.75, 3.05) is 21.1 Å². The van der Waals surface area contributed by atoms with Crippen LogP contribution in [0.2, 0.25) is 0 Å². The molecule has 31 heavy (non-hydrogen) atoms. The van der Waals surface area contributed by atoms with Crippen molar-refractivity contribution in [2.45, 2.75) is 51.9 Å². The molecule has 0 amide bonds. The summed E-state index contributed by atoms with van der Waals surface area (Å²) in [6, 6.07) is 5.59. The lowest BCUT2D eigenvalue weighted by atomic mass is 10.1. The van der Waals surface area contributed by atoms with Gasteiger partial charge in [-0.2, -0.15) is 0 Å². The lowest BCUT2D eigenvalue weighted by Crippen LogP contribution is -2.32. The Hall–Kier alpha value is -2.52. The smallest absolute Gasteiger partial charge is 0.406 e. The van der Waals surface area contributed by atoms with Crippen LogP contribution in [0.25, 0.3) is 10.9 Å². The molecule has 1 aromatic carbocycles.